The first-order valence-corrected chi connectivity index (χ1v) is 5.53. The fourth-order valence-electron chi connectivity index (χ4n) is 0.948. The minimum Gasteiger partial charge on any atom is -0.313 e. The second-order valence-electron chi connectivity index (χ2n) is 2.68. The molecule has 1 aromatic rings. The smallest absolute Gasteiger partial charge is 0.0595 e. The maximum absolute atomic E-state index is 5.86. The third kappa shape index (κ3) is 3.87. The zero-order valence-electron chi connectivity index (χ0n) is 9.07. The van der Waals surface area contributed by atoms with Crippen molar-refractivity contribution in [1.29, 1.82) is 0 Å². The molecule has 0 unspecified atom stereocenters. The molecule has 1 rings (SSSR count). The summed E-state index contributed by atoms with van der Waals surface area (Å²) in [6.07, 6.45) is 0. The normalized spacial score (nSPS) is 11.6. The van der Waals surface area contributed by atoms with Crippen molar-refractivity contribution in [2.24, 2.45) is 0 Å². The fourth-order valence-corrected chi connectivity index (χ4v) is 1.25. The third-order valence-corrected chi connectivity index (χ3v) is 2.62. The Bertz CT molecular complexity index is 274. The Balaban J connectivity index is 0.000000791. The molecule has 1 aromatic carbocycles. The highest BCUT2D eigenvalue weighted by Gasteiger charge is 2.04. The van der Waals surface area contributed by atoms with Crippen molar-refractivity contribution in [2.45, 2.75) is 26.8 Å². The van der Waals surface area contributed by atoms with E-state index in [0.717, 1.165) is 5.56 Å². The Morgan fingerprint density at radius 1 is 1.14 bits per heavy atom. The summed E-state index contributed by atoms with van der Waals surface area (Å²) in [6, 6.07) is 5.97. The van der Waals surface area contributed by atoms with E-state index < -0.39 is 0 Å². The van der Waals surface area contributed by atoms with Gasteiger partial charge >= 0.3 is 0 Å². The van der Waals surface area contributed by atoms with Gasteiger partial charge in [0.05, 0.1) is 10.0 Å². The molecule has 80 valence electrons. The van der Waals surface area contributed by atoms with E-state index in [2.05, 4.69) is 12.2 Å². The molecule has 1 N–H and O–H groups in total. The summed E-state index contributed by atoms with van der Waals surface area (Å²) in [5, 5.41) is 4.33. The highest BCUT2D eigenvalue weighted by Crippen LogP contribution is 2.25. The van der Waals surface area contributed by atoms with E-state index in [9.17, 15) is 0 Å². The van der Waals surface area contributed by atoms with Crippen molar-refractivity contribution in [2.75, 3.05) is 7.05 Å². The Kier molecular flexibility index (Phi) is 6.98. The van der Waals surface area contributed by atoms with Crippen molar-refractivity contribution in [1.82, 2.24) is 5.32 Å². The average Bonchev–Trinajstić information content (AvgIpc) is 2.24. The largest absolute Gasteiger partial charge is 0.313 e. The van der Waals surface area contributed by atoms with Gasteiger partial charge in [0.1, 0.15) is 0 Å². The second-order valence-corrected chi connectivity index (χ2v) is 3.50. The predicted molar refractivity (Wildman–Crippen MR) is 65.3 cm³/mol. The first kappa shape index (κ1) is 13.8. The highest BCUT2D eigenvalue weighted by molar-refractivity contribution is 6.42. The van der Waals surface area contributed by atoms with Crippen LogP contribution >= 0.6 is 23.2 Å². The maximum atomic E-state index is 5.86. The van der Waals surface area contributed by atoms with Crippen LogP contribution in [0.5, 0.6) is 0 Å². The summed E-state index contributed by atoms with van der Waals surface area (Å²) in [5.41, 5.74) is 1.15. The lowest BCUT2D eigenvalue weighted by Gasteiger charge is -2.10. The molecule has 0 saturated carbocycles. The molecule has 0 amide bonds. The van der Waals surface area contributed by atoms with Crippen LogP contribution in [0.25, 0.3) is 0 Å². The van der Waals surface area contributed by atoms with Gasteiger partial charge in [-0.2, -0.15) is 0 Å². The van der Waals surface area contributed by atoms with Gasteiger partial charge in [-0.25, -0.2) is 0 Å². The minimum atomic E-state index is 0.305. The summed E-state index contributed by atoms with van der Waals surface area (Å²) in [4.78, 5) is 0. The van der Waals surface area contributed by atoms with E-state index in [4.69, 9.17) is 23.2 Å². The number of hydrogen-bond donors (Lipinski definition) is 1. The lowest BCUT2D eigenvalue weighted by atomic mass is 10.1. The van der Waals surface area contributed by atoms with Crippen molar-refractivity contribution < 1.29 is 0 Å². The fraction of sp³-hybridized carbons (Fsp3) is 0.455. The molecule has 1 atom stereocenters. The van der Waals surface area contributed by atoms with Crippen molar-refractivity contribution >= 4 is 23.2 Å². The van der Waals surface area contributed by atoms with E-state index in [0.29, 0.717) is 16.1 Å². The van der Waals surface area contributed by atoms with Crippen molar-refractivity contribution in [3.63, 3.8) is 0 Å². The van der Waals surface area contributed by atoms with Gasteiger partial charge in [-0.15, -0.1) is 0 Å². The quantitative estimate of drug-likeness (QED) is 0.804. The number of hydrogen-bond acceptors (Lipinski definition) is 1. The molecule has 0 aliphatic heterocycles. The van der Waals surface area contributed by atoms with Gasteiger partial charge in [0.2, 0.25) is 0 Å². The molecule has 0 aromatic heterocycles. The molecule has 0 heterocycles. The van der Waals surface area contributed by atoms with E-state index >= 15 is 0 Å². The van der Waals surface area contributed by atoms with Crippen LogP contribution in [0.15, 0.2) is 18.2 Å². The molecule has 3 heteroatoms. The van der Waals surface area contributed by atoms with Crippen LogP contribution < -0.4 is 5.32 Å². The molecule has 0 fully saturated rings. The standard InChI is InChI=1S/C9H11Cl2N.C2H6/c1-6(12-2)7-3-4-8(10)9(11)5-7;1-2/h3-6,12H,1-2H3;1-2H3/t6-;/m0./s1. The molecule has 0 radical (unpaired) electrons. The SMILES string of the molecule is CC.CN[C@@H](C)c1ccc(Cl)c(Cl)c1. The van der Waals surface area contributed by atoms with Gasteiger partial charge in [0, 0.05) is 6.04 Å². The summed E-state index contributed by atoms with van der Waals surface area (Å²) in [6.45, 7) is 6.07. The minimum absolute atomic E-state index is 0.305. The third-order valence-electron chi connectivity index (χ3n) is 1.88. The second kappa shape index (κ2) is 7.10. The first-order valence-electron chi connectivity index (χ1n) is 4.77. The van der Waals surface area contributed by atoms with Crippen LogP contribution in [0.2, 0.25) is 10.0 Å². The predicted octanol–water partition coefficient (Wildman–Crippen LogP) is 4.30. The van der Waals surface area contributed by atoms with E-state index in [1.54, 1.807) is 0 Å². The van der Waals surface area contributed by atoms with Gasteiger partial charge in [-0.05, 0) is 31.7 Å². The molecule has 0 aliphatic carbocycles. The molecule has 0 spiro atoms. The number of nitrogens with one attached hydrogen (secondary N) is 1. The van der Waals surface area contributed by atoms with E-state index in [1.165, 1.54) is 0 Å². The molecule has 0 bridgehead atoms. The lowest BCUT2D eigenvalue weighted by molar-refractivity contribution is 0.652. The summed E-state index contributed by atoms with van der Waals surface area (Å²) in [5.74, 6) is 0. The Hall–Kier alpha value is -0.240. The van der Waals surface area contributed by atoms with Gasteiger partial charge in [-0.3, -0.25) is 0 Å². The van der Waals surface area contributed by atoms with Gasteiger partial charge in [0.25, 0.3) is 0 Å². The van der Waals surface area contributed by atoms with E-state index in [1.807, 2.05) is 39.1 Å². The zero-order valence-corrected chi connectivity index (χ0v) is 10.6. The summed E-state index contributed by atoms with van der Waals surface area (Å²) < 4.78 is 0. The van der Waals surface area contributed by atoms with Crippen LogP contribution in [-0.4, -0.2) is 7.05 Å². The first-order chi connectivity index (χ1) is 6.65. The molecular weight excluding hydrogens is 217 g/mol. The van der Waals surface area contributed by atoms with Gasteiger partial charge < -0.3 is 5.32 Å². The zero-order chi connectivity index (χ0) is 11.1. The highest BCUT2D eigenvalue weighted by atomic mass is 35.5. The lowest BCUT2D eigenvalue weighted by Crippen LogP contribution is -2.11. The number of benzene rings is 1. The van der Waals surface area contributed by atoms with Crippen LogP contribution in [0.1, 0.15) is 32.4 Å². The van der Waals surface area contributed by atoms with Gasteiger partial charge in [0.15, 0.2) is 0 Å². The molecule has 1 nitrogen and oxygen atoms in total. The van der Waals surface area contributed by atoms with Crippen LogP contribution in [-0.2, 0) is 0 Å². The van der Waals surface area contributed by atoms with Crippen LogP contribution in [0.3, 0.4) is 0 Å². The topological polar surface area (TPSA) is 12.0 Å². The molecular formula is C11H17Cl2N. The maximum Gasteiger partial charge on any atom is 0.0595 e. The van der Waals surface area contributed by atoms with Gasteiger partial charge in [-0.1, -0.05) is 43.1 Å². The molecule has 0 aliphatic rings. The summed E-state index contributed by atoms with van der Waals surface area (Å²) in [7, 11) is 1.91. The monoisotopic (exact) mass is 233 g/mol. The van der Waals surface area contributed by atoms with E-state index in [-0.39, 0.29) is 0 Å². The molecule has 14 heavy (non-hydrogen) atoms. The average molecular weight is 234 g/mol. The van der Waals surface area contributed by atoms with Crippen LogP contribution in [0.4, 0.5) is 0 Å². The summed E-state index contributed by atoms with van der Waals surface area (Å²) >= 11 is 11.6. The number of rotatable bonds is 2. The number of halogens is 2. The molecule has 0 saturated heterocycles. The van der Waals surface area contributed by atoms with Crippen molar-refractivity contribution in [3.05, 3.63) is 33.8 Å². The Morgan fingerprint density at radius 2 is 1.71 bits per heavy atom. The Morgan fingerprint density at radius 3 is 2.14 bits per heavy atom. The Labute approximate surface area is 96.4 Å². The van der Waals surface area contributed by atoms with Crippen LogP contribution in [0, 0.1) is 0 Å². The van der Waals surface area contributed by atoms with Crippen molar-refractivity contribution in [3.8, 4) is 0 Å².